The normalized spacial score (nSPS) is 16.6. The van der Waals surface area contributed by atoms with E-state index in [1.54, 1.807) is 54.6 Å². The van der Waals surface area contributed by atoms with E-state index in [1.165, 1.54) is 23.1 Å². The molecule has 1 saturated heterocycles. The Labute approximate surface area is 228 Å². The van der Waals surface area contributed by atoms with E-state index in [2.05, 4.69) is 11.6 Å². The van der Waals surface area contributed by atoms with Gasteiger partial charge in [0, 0.05) is 5.56 Å². The number of ketones is 1. The molecule has 1 amide bonds. The van der Waals surface area contributed by atoms with Crippen molar-refractivity contribution in [3.8, 4) is 11.5 Å². The summed E-state index contributed by atoms with van der Waals surface area (Å²) in [5.41, 5.74) is 1.34. The number of aliphatic hydroxyl groups is 1. The van der Waals surface area contributed by atoms with Crippen LogP contribution in [0.1, 0.15) is 30.5 Å². The maximum atomic E-state index is 13.9. The Bertz CT molecular complexity index is 1580. The van der Waals surface area contributed by atoms with Crippen molar-refractivity contribution in [2.75, 3.05) is 18.1 Å². The number of thiazole rings is 1. The molecule has 1 aliphatic rings. The summed E-state index contributed by atoms with van der Waals surface area (Å²) in [5.74, 6) is -1.23. The van der Waals surface area contributed by atoms with Crippen LogP contribution in [0.25, 0.3) is 16.0 Å². The van der Waals surface area contributed by atoms with Gasteiger partial charge in [-0.2, -0.15) is 0 Å². The molecule has 9 heteroatoms. The number of nitrogens with zero attached hydrogens (tertiary/aromatic N) is 2. The fourth-order valence-electron chi connectivity index (χ4n) is 4.32. The number of amides is 1. The summed E-state index contributed by atoms with van der Waals surface area (Å²) in [5, 5.41) is 11.6. The molecule has 0 radical (unpaired) electrons. The number of hydrogen-bond acceptors (Lipinski definition) is 7. The summed E-state index contributed by atoms with van der Waals surface area (Å²) < 4.78 is 25.6. The molecule has 5 rings (SSSR count). The van der Waals surface area contributed by atoms with Crippen LogP contribution in [0.15, 0.2) is 85.0 Å². The Hall–Kier alpha value is -4.50. The fraction of sp³-hybridized carbons (Fsp3) is 0.167. The predicted octanol–water partition coefficient (Wildman–Crippen LogP) is 6.42. The van der Waals surface area contributed by atoms with Gasteiger partial charge in [-0.15, -0.1) is 0 Å². The van der Waals surface area contributed by atoms with Gasteiger partial charge in [-0.25, -0.2) is 9.37 Å². The molecule has 1 atom stereocenters. The molecular formula is C30H25FN2O5S. The second kappa shape index (κ2) is 11.1. The van der Waals surface area contributed by atoms with Gasteiger partial charge in [0.25, 0.3) is 5.78 Å². The highest BCUT2D eigenvalue weighted by Gasteiger charge is 2.48. The molecule has 1 aliphatic heterocycles. The van der Waals surface area contributed by atoms with Crippen LogP contribution in [0, 0.1) is 5.82 Å². The molecule has 39 heavy (non-hydrogen) atoms. The molecule has 7 nitrogen and oxygen atoms in total. The minimum absolute atomic E-state index is 0.0765. The summed E-state index contributed by atoms with van der Waals surface area (Å²) in [7, 11) is 0. The van der Waals surface area contributed by atoms with Gasteiger partial charge in [0.1, 0.15) is 29.7 Å². The molecule has 0 spiro atoms. The van der Waals surface area contributed by atoms with E-state index >= 15 is 0 Å². The SMILES string of the molecule is C=CCOc1ccc(C2C(=C(O)c3ccc(OCCC)cc3)C(=O)C(=O)N2c2nc3ccc(F)cc3s2)cc1. The first-order valence-electron chi connectivity index (χ1n) is 12.3. The zero-order valence-electron chi connectivity index (χ0n) is 21.1. The Morgan fingerprint density at radius 1 is 1.08 bits per heavy atom. The molecule has 198 valence electrons. The number of halogens is 1. The van der Waals surface area contributed by atoms with Gasteiger partial charge >= 0.3 is 5.91 Å². The van der Waals surface area contributed by atoms with Crippen LogP contribution < -0.4 is 14.4 Å². The number of carbonyl (C=O) groups excluding carboxylic acids is 2. The molecule has 2 heterocycles. The third-order valence-corrected chi connectivity index (χ3v) is 7.17. The second-order valence-corrected chi connectivity index (χ2v) is 9.83. The Morgan fingerprint density at radius 2 is 1.77 bits per heavy atom. The second-order valence-electron chi connectivity index (χ2n) is 8.82. The Kier molecular flexibility index (Phi) is 7.42. The highest BCUT2D eigenvalue weighted by molar-refractivity contribution is 7.22. The van der Waals surface area contributed by atoms with Gasteiger partial charge in [-0.3, -0.25) is 14.5 Å². The van der Waals surface area contributed by atoms with Crippen molar-refractivity contribution in [3.05, 3.63) is 102 Å². The number of aromatic nitrogens is 1. The molecule has 0 bridgehead atoms. The Balaban J connectivity index is 1.62. The number of Topliss-reactive ketones (excluding diaryl/α,β-unsaturated/α-hetero) is 1. The van der Waals surface area contributed by atoms with Crippen LogP contribution in [0.5, 0.6) is 11.5 Å². The van der Waals surface area contributed by atoms with Gasteiger partial charge in [-0.1, -0.05) is 43.0 Å². The van der Waals surface area contributed by atoms with Crippen molar-refractivity contribution in [2.24, 2.45) is 0 Å². The molecule has 1 aromatic heterocycles. The van der Waals surface area contributed by atoms with E-state index in [-0.39, 0.29) is 16.5 Å². The highest BCUT2D eigenvalue weighted by Crippen LogP contribution is 2.44. The van der Waals surface area contributed by atoms with Crippen molar-refractivity contribution >= 4 is 44.1 Å². The number of carbonyl (C=O) groups is 2. The lowest BCUT2D eigenvalue weighted by Gasteiger charge is -2.23. The summed E-state index contributed by atoms with van der Waals surface area (Å²) in [4.78, 5) is 32.6. The number of hydrogen-bond donors (Lipinski definition) is 1. The maximum absolute atomic E-state index is 13.9. The number of ether oxygens (including phenoxy) is 2. The number of anilines is 1. The molecule has 4 aromatic rings. The quantitative estimate of drug-likeness (QED) is 0.113. The summed E-state index contributed by atoms with van der Waals surface area (Å²) in [6.07, 6.45) is 2.47. The minimum atomic E-state index is -0.972. The third-order valence-electron chi connectivity index (χ3n) is 6.15. The van der Waals surface area contributed by atoms with Gasteiger partial charge in [0.2, 0.25) is 0 Å². The van der Waals surface area contributed by atoms with Crippen molar-refractivity contribution in [2.45, 2.75) is 19.4 Å². The van der Waals surface area contributed by atoms with Crippen LogP contribution >= 0.6 is 11.3 Å². The van der Waals surface area contributed by atoms with Crippen LogP contribution in [0.3, 0.4) is 0 Å². The monoisotopic (exact) mass is 544 g/mol. The highest BCUT2D eigenvalue weighted by atomic mass is 32.1. The number of benzene rings is 3. The number of rotatable bonds is 9. The van der Waals surface area contributed by atoms with Crippen LogP contribution in [0.2, 0.25) is 0 Å². The standard InChI is InChI=1S/C30H25FN2O5S/c1-3-15-37-21-10-5-18(6-11-21)26-25(27(34)19-7-12-22(13-8-19)38-16-4-2)28(35)29(36)33(26)30-32-23-14-9-20(31)17-24(23)39-30/h3,5-14,17,26,34H,1,4,15-16H2,2H3. The van der Waals surface area contributed by atoms with E-state index in [0.29, 0.717) is 46.1 Å². The van der Waals surface area contributed by atoms with Gasteiger partial charge in [-0.05, 0) is 66.6 Å². The topological polar surface area (TPSA) is 89.0 Å². The molecule has 0 aliphatic carbocycles. The lowest BCUT2D eigenvalue weighted by atomic mass is 9.95. The van der Waals surface area contributed by atoms with Crippen molar-refractivity contribution < 1.29 is 28.6 Å². The molecule has 1 N–H and O–H groups in total. The predicted molar refractivity (Wildman–Crippen MR) is 149 cm³/mol. The molecule has 0 saturated carbocycles. The van der Waals surface area contributed by atoms with E-state index < -0.39 is 23.5 Å². The minimum Gasteiger partial charge on any atom is -0.507 e. The fourth-order valence-corrected chi connectivity index (χ4v) is 5.34. The van der Waals surface area contributed by atoms with Gasteiger partial charge in [0.15, 0.2) is 5.13 Å². The largest absolute Gasteiger partial charge is 0.507 e. The molecule has 1 fully saturated rings. The maximum Gasteiger partial charge on any atom is 0.301 e. The average Bonchev–Trinajstić information content (AvgIpc) is 3.48. The summed E-state index contributed by atoms with van der Waals surface area (Å²) >= 11 is 1.09. The first kappa shape index (κ1) is 26.1. The number of fused-ring (bicyclic) bond motifs is 1. The molecule has 3 aromatic carbocycles. The van der Waals surface area contributed by atoms with Gasteiger partial charge < -0.3 is 14.6 Å². The van der Waals surface area contributed by atoms with Gasteiger partial charge in [0.05, 0.1) is 28.4 Å². The summed E-state index contributed by atoms with van der Waals surface area (Å²) in [6.45, 7) is 6.51. The van der Waals surface area contributed by atoms with E-state index in [1.807, 2.05) is 6.92 Å². The van der Waals surface area contributed by atoms with Crippen LogP contribution in [-0.4, -0.2) is 35.0 Å². The van der Waals surface area contributed by atoms with E-state index in [0.717, 1.165) is 17.8 Å². The van der Waals surface area contributed by atoms with Crippen LogP contribution in [-0.2, 0) is 9.59 Å². The average molecular weight is 545 g/mol. The smallest absolute Gasteiger partial charge is 0.301 e. The Morgan fingerprint density at radius 3 is 2.46 bits per heavy atom. The zero-order chi connectivity index (χ0) is 27.5. The van der Waals surface area contributed by atoms with Crippen molar-refractivity contribution in [3.63, 3.8) is 0 Å². The molecular weight excluding hydrogens is 519 g/mol. The first-order chi connectivity index (χ1) is 18.9. The lowest BCUT2D eigenvalue weighted by molar-refractivity contribution is -0.132. The van der Waals surface area contributed by atoms with Crippen LogP contribution in [0.4, 0.5) is 9.52 Å². The van der Waals surface area contributed by atoms with E-state index in [9.17, 15) is 19.1 Å². The van der Waals surface area contributed by atoms with Crippen molar-refractivity contribution in [1.82, 2.24) is 4.98 Å². The van der Waals surface area contributed by atoms with Crippen molar-refractivity contribution in [1.29, 1.82) is 0 Å². The zero-order valence-corrected chi connectivity index (χ0v) is 21.9. The summed E-state index contributed by atoms with van der Waals surface area (Å²) in [6, 6.07) is 16.7. The molecule has 1 unspecified atom stereocenters. The first-order valence-corrected chi connectivity index (χ1v) is 13.2. The third kappa shape index (κ3) is 5.13. The lowest BCUT2D eigenvalue weighted by Crippen LogP contribution is -2.29. The van der Waals surface area contributed by atoms with E-state index in [4.69, 9.17) is 9.47 Å². The number of aliphatic hydroxyl groups excluding tert-OH is 1.